The van der Waals surface area contributed by atoms with Crippen molar-refractivity contribution in [1.29, 1.82) is 0 Å². The Morgan fingerprint density at radius 2 is 1.56 bits per heavy atom. The number of nitrogens with one attached hydrogen (secondary N) is 1. The fraction of sp³-hybridized carbons (Fsp3) is 0.263. The van der Waals surface area contributed by atoms with Crippen LogP contribution in [0.1, 0.15) is 28.8 Å². The number of rotatable bonds is 4. The summed E-state index contributed by atoms with van der Waals surface area (Å²) >= 11 is 0. The number of hydrogen-bond donors (Lipinski definition) is 1. The van der Waals surface area contributed by atoms with Crippen molar-refractivity contribution in [2.24, 2.45) is 0 Å². The first-order valence-electron chi connectivity index (χ1n) is 8.16. The van der Waals surface area contributed by atoms with Gasteiger partial charge in [0, 0.05) is 18.8 Å². The van der Waals surface area contributed by atoms with Gasteiger partial charge in [-0.15, -0.1) is 0 Å². The van der Waals surface area contributed by atoms with Crippen molar-refractivity contribution in [2.75, 3.05) is 18.4 Å². The lowest BCUT2D eigenvalue weighted by molar-refractivity contribution is -0.129. The third kappa shape index (κ3) is 4.02. The topological polar surface area (TPSA) is 49.4 Å². The molecule has 1 fully saturated rings. The molecule has 0 aliphatic carbocycles. The minimum Gasteiger partial charge on any atom is -0.342 e. The molecule has 1 aliphatic rings. The van der Waals surface area contributed by atoms with Crippen LogP contribution in [0.4, 0.5) is 14.5 Å². The minimum absolute atomic E-state index is 0.0858. The molecule has 0 saturated carbocycles. The molecule has 2 aromatic rings. The summed E-state index contributed by atoms with van der Waals surface area (Å²) in [5.41, 5.74) is 0.618. The summed E-state index contributed by atoms with van der Waals surface area (Å²) in [5.74, 6) is -2.59. The summed E-state index contributed by atoms with van der Waals surface area (Å²) < 4.78 is 27.2. The van der Waals surface area contributed by atoms with Crippen molar-refractivity contribution < 1.29 is 18.4 Å². The number of amides is 2. The Morgan fingerprint density at radius 1 is 0.960 bits per heavy atom. The van der Waals surface area contributed by atoms with Crippen molar-refractivity contribution in [2.45, 2.75) is 19.3 Å². The van der Waals surface area contributed by atoms with Gasteiger partial charge < -0.3 is 10.2 Å². The van der Waals surface area contributed by atoms with Crippen LogP contribution in [0.3, 0.4) is 0 Å². The Labute approximate surface area is 144 Å². The van der Waals surface area contributed by atoms with E-state index in [0.29, 0.717) is 12.1 Å². The minimum atomic E-state index is -0.912. The highest BCUT2D eigenvalue weighted by Gasteiger charge is 2.19. The molecule has 0 atom stereocenters. The molecule has 6 heteroatoms. The van der Waals surface area contributed by atoms with Crippen LogP contribution in [-0.2, 0) is 11.2 Å². The molecule has 1 aliphatic heterocycles. The highest BCUT2D eigenvalue weighted by molar-refractivity contribution is 6.04. The molecule has 0 unspecified atom stereocenters. The second-order valence-electron chi connectivity index (χ2n) is 6.01. The van der Waals surface area contributed by atoms with Crippen LogP contribution in [0.5, 0.6) is 0 Å². The van der Waals surface area contributed by atoms with Gasteiger partial charge in [0.05, 0.1) is 6.42 Å². The first kappa shape index (κ1) is 17.1. The van der Waals surface area contributed by atoms with Crippen LogP contribution < -0.4 is 5.32 Å². The fourth-order valence-electron chi connectivity index (χ4n) is 2.87. The van der Waals surface area contributed by atoms with Gasteiger partial charge in [0.1, 0.15) is 17.2 Å². The number of hydrogen-bond acceptors (Lipinski definition) is 2. The molecule has 4 nitrogen and oxygen atoms in total. The number of likely N-dealkylation sites (tertiary alicyclic amines) is 1. The normalized spacial score (nSPS) is 13.8. The summed E-state index contributed by atoms with van der Waals surface area (Å²) in [5, 5.41) is 2.46. The molecule has 130 valence electrons. The standard InChI is InChI=1S/C19H18F2N2O2/c20-15-4-3-5-16(21)18(15)19(25)22-14-8-6-13(7-9-14)12-17(24)23-10-1-2-11-23/h3-9H,1-2,10-12H2,(H,22,25). The molecule has 0 radical (unpaired) electrons. The summed E-state index contributed by atoms with van der Waals surface area (Å²) in [7, 11) is 0. The SMILES string of the molecule is O=C(Nc1ccc(CC(=O)N2CCCC2)cc1)c1c(F)cccc1F. The molecule has 0 spiro atoms. The lowest BCUT2D eigenvalue weighted by atomic mass is 10.1. The summed E-state index contributed by atoms with van der Waals surface area (Å²) in [6, 6.07) is 9.94. The Kier molecular flexibility index (Phi) is 5.07. The summed E-state index contributed by atoms with van der Waals surface area (Å²) in [4.78, 5) is 26.0. The van der Waals surface area contributed by atoms with Gasteiger partial charge in [-0.25, -0.2) is 8.78 Å². The Bertz CT molecular complexity index is 764. The third-order valence-electron chi connectivity index (χ3n) is 4.22. The van der Waals surface area contributed by atoms with Gasteiger partial charge in [0.15, 0.2) is 0 Å². The van der Waals surface area contributed by atoms with Crippen LogP contribution in [0.2, 0.25) is 0 Å². The molecule has 0 aromatic heterocycles. The monoisotopic (exact) mass is 344 g/mol. The molecular formula is C19H18F2N2O2. The average molecular weight is 344 g/mol. The number of halogens is 2. The summed E-state index contributed by atoms with van der Waals surface area (Å²) in [6.07, 6.45) is 2.39. The molecule has 0 bridgehead atoms. The Morgan fingerprint density at radius 3 is 2.16 bits per heavy atom. The van der Waals surface area contributed by atoms with Gasteiger partial charge in [-0.1, -0.05) is 18.2 Å². The lowest BCUT2D eigenvalue weighted by Gasteiger charge is -2.15. The number of carbonyl (C=O) groups is 2. The van der Waals surface area contributed by atoms with Crippen molar-refractivity contribution in [3.8, 4) is 0 Å². The zero-order chi connectivity index (χ0) is 17.8. The van der Waals surface area contributed by atoms with Crippen molar-refractivity contribution in [1.82, 2.24) is 4.90 Å². The Balaban J connectivity index is 1.64. The molecule has 1 saturated heterocycles. The Hall–Kier alpha value is -2.76. The van der Waals surface area contributed by atoms with E-state index in [1.165, 1.54) is 6.07 Å². The van der Waals surface area contributed by atoms with E-state index in [9.17, 15) is 18.4 Å². The first-order chi connectivity index (χ1) is 12.0. The van der Waals surface area contributed by atoms with Crippen LogP contribution in [0.25, 0.3) is 0 Å². The van der Waals surface area contributed by atoms with Gasteiger partial charge in [0.25, 0.3) is 5.91 Å². The van der Waals surface area contributed by atoms with E-state index in [2.05, 4.69) is 5.32 Å². The summed E-state index contributed by atoms with van der Waals surface area (Å²) in [6.45, 7) is 1.61. The molecule has 2 aromatic carbocycles. The maximum Gasteiger partial charge on any atom is 0.261 e. The first-order valence-corrected chi connectivity index (χ1v) is 8.16. The van der Waals surface area contributed by atoms with E-state index in [-0.39, 0.29) is 5.91 Å². The average Bonchev–Trinajstić information content (AvgIpc) is 3.11. The highest BCUT2D eigenvalue weighted by atomic mass is 19.1. The molecular weight excluding hydrogens is 326 g/mol. The number of anilines is 1. The zero-order valence-electron chi connectivity index (χ0n) is 13.6. The third-order valence-corrected chi connectivity index (χ3v) is 4.22. The number of carbonyl (C=O) groups excluding carboxylic acids is 2. The van der Waals surface area contributed by atoms with E-state index in [4.69, 9.17) is 0 Å². The predicted molar refractivity (Wildman–Crippen MR) is 90.3 cm³/mol. The largest absolute Gasteiger partial charge is 0.342 e. The van der Waals surface area contributed by atoms with Gasteiger partial charge in [-0.2, -0.15) is 0 Å². The molecule has 1 heterocycles. The fourth-order valence-corrected chi connectivity index (χ4v) is 2.87. The van der Waals surface area contributed by atoms with Crippen molar-refractivity contribution in [3.05, 3.63) is 65.2 Å². The van der Waals surface area contributed by atoms with Gasteiger partial charge in [0.2, 0.25) is 5.91 Å². The van der Waals surface area contributed by atoms with Crippen LogP contribution in [0.15, 0.2) is 42.5 Å². The van der Waals surface area contributed by atoms with Crippen LogP contribution in [-0.4, -0.2) is 29.8 Å². The van der Waals surface area contributed by atoms with Gasteiger partial charge in [-0.05, 0) is 42.7 Å². The van der Waals surface area contributed by atoms with Crippen LogP contribution in [0, 0.1) is 11.6 Å². The van der Waals surface area contributed by atoms with Gasteiger partial charge in [-0.3, -0.25) is 9.59 Å². The smallest absolute Gasteiger partial charge is 0.261 e. The molecule has 1 N–H and O–H groups in total. The van der Waals surface area contributed by atoms with Crippen molar-refractivity contribution >= 4 is 17.5 Å². The van der Waals surface area contributed by atoms with Gasteiger partial charge >= 0.3 is 0 Å². The predicted octanol–water partition coefficient (Wildman–Crippen LogP) is 3.38. The highest BCUT2D eigenvalue weighted by Crippen LogP contribution is 2.17. The van der Waals surface area contributed by atoms with E-state index in [0.717, 1.165) is 43.6 Å². The second kappa shape index (κ2) is 7.42. The lowest BCUT2D eigenvalue weighted by Crippen LogP contribution is -2.29. The number of nitrogens with zero attached hydrogens (tertiary/aromatic N) is 1. The zero-order valence-corrected chi connectivity index (χ0v) is 13.6. The van der Waals surface area contributed by atoms with E-state index in [1.807, 2.05) is 4.90 Å². The van der Waals surface area contributed by atoms with Crippen molar-refractivity contribution in [3.63, 3.8) is 0 Å². The molecule has 3 rings (SSSR count). The maximum atomic E-state index is 13.6. The van der Waals surface area contributed by atoms with E-state index < -0.39 is 23.1 Å². The number of benzene rings is 2. The molecule has 2 amide bonds. The molecule has 25 heavy (non-hydrogen) atoms. The second-order valence-corrected chi connectivity index (χ2v) is 6.01. The van der Waals surface area contributed by atoms with E-state index >= 15 is 0 Å². The maximum absolute atomic E-state index is 13.6. The van der Waals surface area contributed by atoms with E-state index in [1.54, 1.807) is 24.3 Å². The van der Waals surface area contributed by atoms with Crippen LogP contribution >= 0.6 is 0 Å². The quantitative estimate of drug-likeness (QED) is 0.924.